The smallest absolute Gasteiger partial charge is 0.174 e. The van der Waals surface area contributed by atoms with Crippen LogP contribution in [0.25, 0.3) is 0 Å². The number of hydrogen-bond acceptors (Lipinski definition) is 3. The third-order valence-electron chi connectivity index (χ3n) is 3.65. The SMILES string of the molecule is S=C(Nc1cc(Cl)ccc1Cl)N(Cc1cccnc1)Cc1cccnc1. The Morgan fingerprint density at radius 1 is 0.962 bits per heavy atom. The Morgan fingerprint density at radius 3 is 2.12 bits per heavy atom. The van der Waals surface area contributed by atoms with E-state index in [2.05, 4.69) is 15.3 Å². The number of hydrogen-bond donors (Lipinski definition) is 1. The van der Waals surface area contributed by atoms with Gasteiger partial charge in [-0.1, -0.05) is 35.3 Å². The fourth-order valence-electron chi connectivity index (χ4n) is 2.41. The van der Waals surface area contributed by atoms with Crippen LogP contribution in [0, 0.1) is 0 Å². The van der Waals surface area contributed by atoms with Gasteiger partial charge in [0.15, 0.2) is 5.11 Å². The summed E-state index contributed by atoms with van der Waals surface area (Å²) in [4.78, 5) is 10.4. The van der Waals surface area contributed by atoms with Crippen molar-refractivity contribution in [2.24, 2.45) is 0 Å². The van der Waals surface area contributed by atoms with Gasteiger partial charge in [0.2, 0.25) is 0 Å². The number of benzene rings is 1. The molecule has 3 aromatic rings. The Morgan fingerprint density at radius 2 is 1.58 bits per heavy atom. The van der Waals surface area contributed by atoms with E-state index in [4.69, 9.17) is 35.4 Å². The molecular weight excluding hydrogens is 387 g/mol. The summed E-state index contributed by atoms with van der Waals surface area (Å²) in [6, 6.07) is 13.1. The van der Waals surface area contributed by atoms with E-state index >= 15 is 0 Å². The van der Waals surface area contributed by atoms with E-state index in [0.29, 0.717) is 33.9 Å². The molecule has 132 valence electrons. The van der Waals surface area contributed by atoms with E-state index < -0.39 is 0 Å². The molecule has 0 aliphatic rings. The highest BCUT2D eigenvalue weighted by atomic mass is 35.5. The first kappa shape index (κ1) is 18.6. The molecule has 2 heterocycles. The highest BCUT2D eigenvalue weighted by Gasteiger charge is 2.13. The molecule has 0 spiro atoms. The Bertz CT molecular complexity index is 834. The van der Waals surface area contributed by atoms with Gasteiger partial charge in [-0.05, 0) is 53.7 Å². The Labute approximate surface area is 167 Å². The van der Waals surface area contributed by atoms with Gasteiger partial charge in [-0.2, -0.15) is 0 Å². The zero-order valence-electron chi connectivity index (χ0n) is 13.8. The Balaban J connectivity index is 1.81. The Hall–Kier alpha value is -2.21. The van der Waals surface area contributed by atoms with Crippen LogP contribution in [0.5, 0.6) is 0 Å². The Kier molecular flexibility index (Phi) is 6.39. The largest absolute Gasteiger partial charge is 0.340 e. The molecule has 0 saturated heterocycles. The number of halogens is 2. The molecular formula is C19H16Cl2N4S. The van der Waals surface area contributed by atoms with Gasteiger partial charge in [0.1, 0.15) is 0 Å². The lowest BCUT2D eigenvalue weighted by Gasteiger charge is -2.26. The summed E-state index contributed by atoms with van der Waals surface area (Å²) in [5, 5.41) is 4.88. The van der Waals surface area contributed by atoms with Crippen LogP contribution in [0.2, 0.25) is 10.0 Å². The fourth-order valence-corrected chi connectivity index (χ4v) is 2.99. The van der Waals surface area contributed by atoms with Crippen molar-refractivity contribution in [3.8, 4) is 0 Å². The number of rotatable bonds is 5. The number of pyridine rings is 2. The summed E-state index contributed by atoms with van der Waals surface area (Å²) in [5.41, 5.74) is 2.78. The van der Waals surface area contributed by atoms with Crippen molar-refractivity contribution in [2.75, 3.05) is 5.32 Å². The molecule has 2 aromatic heterocycles. The van der Waals surface area contributed by atoms with E-state index in [-0.39, 0.29) is 0 Å². The number of anilines is 1. The predicted octanol–water partition coefficient (Wildman–Crippen LogP) is 5.18. The van der Waals surface area contributed by atoms with Crippen molar-refractivity contribution in [1.82, 2.24) is 14.9 Å². The van der Waals surface area contributed by atoms with Crippen molar-refractivity contribution < 1.29 is 0 Å². The molecule has 1 N–H and O–H groups in total. The van der Waals surface area contributed by atoms with Gasteiger partial charge >= 0.3 is 0 Å². The molecule has 0 fully saturated rings. The molecule has 0 bridgehead atoms. The van der Waals surface area contributed by atoms with Crippen LogP contribution < -0.4 is 5.32 Å². The van der Waals surface area contributed by atoms with Crippen molar-refractivity contribution in [2.45, 2.75) is 13.1 Å². The number of thiocarbonyl (C=S) groups is 1. The standard InChI is InChI=1S/C19H16Cl2N4S/c20-16-5-6-17(21)18(9-16)24-19(26)25(12-14-3-1-7-22-10-14)13-15-4-2-8-23-11-15/h1-11H,12-13H2,(H,24,26). The monoisotopic (exact) mass is 402 g/mol. The second kappa shape index (κ2) is 8.94. The minimum atomic E-state index is 0.543. The molecule has 26 heavy (non-hydrogen) atoms. The molecule has 0 aliphatic heterocycles. The normalized spacial score (nSPS) is 10.4. The molecule has 0 radical (unpaired) electrons. The van der Waals surface area contributed by atoms with Crippen LogP contribution in [-0.4, -0.2) is 20.0 Å². The summed E-state index contributed by atoms with van der Waals surface area (Å²) < 4.78 is 0. The number of nitrogens with one attached hydrogen (secondary N) is 1. The molecule has 4 nitrogen and oxygen atoms in total. The molecule has 3 rings (SSSR count). The summed E-state index contributed by atoms with van der Waals surface area (Å²) in [7, 11) is 0. The van der Waals surface area contributed by atoms with Gasteiger partial charge in [-0.25, -0.2) is 0 Å². The maximum absolute atomic E-state index is 6.25. The van der Waals surface area contributed by atoms with Crippen molar-refractivity contribution in [3.63, 3.8) is 0 Å². The topological polar surface area (TPSA) is 41.0 Å². The third-order valence-corrected chi connectivity index (χ3v) is 4.57. The van der Waals surface area contributed by atoms with Crippen LogP contribution in [0.4, 0.5) is 5.69 Å². The predicted molar refractivity (Wildman–Crippen MR) is 110 cm³/mol. The highest BCUT2D eigenvalue weighted by Crippen LogP contribution is 2.26. The molecule has 1 aromatic carbocycles. The summed E-state index contributed by atoms with van der Waals surface area (Å²) in [5.74, 6) is 0. The molecule has 0 atom stereocenters. The molecule has 0 unspecified atom stereocenters. The molecule has 0 saturated carbocycles. The number of aromatic nitrogens is 2. The first-order valence-electron chi connectivity index (χ1n) is 7.90. The van der Waals surface area contributed by atoms with E-state index in [1.165, 1.54) is 0 Å². The minimum Gasteiger partial charge on any atom is -0.340 e. The second-order valence-corrected chi connectivity index (χ2v) is 6.86. The first-order valence-corrected chi connectivity index (χ1v) is 9.07. The van der Waals surface area contributed by atoms with E-state index in [1.54, 1.807) is 30.6 Å². The zero-order chi connectivity index (χ0) is 18.4. The average Bonchev–Trinajstić information content (AvgIpc) is 2.66. The van der Waals surface area contributed by atoms with Crippen molar-refractivity contribution in [3.05, 3.63) is 88.4 Å². The quantitative estimate of drug-likeness (QED) is 0.595. The maximum atomic E-state index is 6.25. The van der Waals surface area contributed by atoms with Crippen molar-refractivity contribution >= 4 is 46.2 Å². The third kappa shape index (κ3) is 5.14. The van der Waals surface area contributed by atoms with Gasteiger partial charge in [0.05, 0.1) is 10.7 Å². The van der Waals surface area contributed by atoms with Crippen molar-refractivity contribution in [1.29, 1.82) is 0 Å². The van der Waals surface area contributed by atoms with Gasteiger partial charge in [0, 0.05) is 42.9 Å². The number of nitrogens with zero attached hydrogens (tertiary/aromatic N) is 3. The van der Waals surface area contributed by atoms with Crippen LogP contribution >= 0.6 is 35.4 Å². The average molecular weight is 403 g/mol. The first-order chi connectivity index (χ1) is 12.6. The second-order valence-electron chi connectivity index (χ2n) is 5.63. The lowest BCUT2D eigenvalue weighted by molar-refractivity contribution is 0.411. The van der Waals surface area contributed by atoms with Gasteiger partial charge in [0.25, 0.3) is 0 Å². The van der Waals surface area contributed by atoms with E-state index in [1.807, 2.05) is 41.6 Å². The molecule has 7 heteroatoms. The van der Waals surface area contributed by atoms with Crippen LogP contribution in [0.15, 0.2) is 67.3 Å². The van der Waals surface area contributed by atoms with Crippen LogP contribution in [-0.2, 0) is 13.1 Å². The van der Waals surface area contributed by atoms with Gasteiger partial charge < -0.3 is 10.2 Å². The van der Waals surface area contributed by atoms with E-state index in [9.17, 15) is 0 Å². The lowest BCUT2D eigenvalue weighted by Crippen LogP contribution is -2.34. The summed E-state index contributed by atoms with van der Waals surface area (Å²) >= 11 is 17.9. The summed E-state index contributed by atoms with van der Waals surface area (Å²) in [6.45, 7) is 1.21. The lowest BCUT2D eigenvalue weighted by atomic mass is 10.2. The summed E-state index contributed by atoms with van der Waals surface area (Å²) in [6.07, 6.45) is 7.14. The van der Waals surface area contributed by atoms with Crippen LogP contribution in [0.3, 0.4) is 0 Å². The zero-order valence-corrected chi connectivity index (χ0v) is 16.1. The van der Waals surface area contributed by atoms with Gasteiger partial charge in [-0.15, -0.1) is 0 Å². The van der Waals surface area contributed by atoms with Gasteiger partial charge in [-0.3, -0.25) is 9.97 Å². The maximum Gasteiger partial charge on any atom is 0.174 e. The fraction of sp³-hybridized carbons (Fsp3) is 0.105. The van der Waals surface area contributed by atoms with Crippen LogP contribution in [0.1, 0.15) is 11.1 Å². The molecule has 0 amide bonds. The minimum absolute atomic E-state index is 0.543. The highest BCUT2D eigenvalue weighted by molar-refractivity contribution is 7.80. The molecule has 0 aliphatic carbocycles. The van der Waals surface area contributed by atoms with E-state index in [0.717, 1.165) is 11.1 Å².